The normalized spacial score (nSPS) is 10.6. The number of hydrogen-bond donors (Lipinski definition) is 1. The first kappa shape index (κ1) is 14.3. The molecule has 0 unspecified atom stereocenters. The highest BCUT2D eigenvalue weighted by molar-refractivity contribution is 5.60. The van der Waals surface area contributed by atoms with Gasteiger partial charge >= 0.3 is 0 Å². The van der Waals surface area contributed by atoms with Crippen LogP contribution < -0.4 is 5.32 Å². The molecule has 0 saturated carbocycles. The lowest BCUT2D eigenvalue weighted by atomic mass is 10.1. The van der Waals surface area contributed by atoms with E-state index in [9.17, 15) is 0 Å². The van der Waals surface area contributed by atoms with Crippen molar-refractivity contribution in [1.82, 2.24) is 15.1 Å². The summed E-state index contributed by atoms with van der Waals surface area (Å²) in [6.07, 6.45) is 2.80. The van der Waals surface area contributed by atoms with Gasteiger partial charge in [0.1, 0.15) is 5.82 Å². The highest BCUT2D eigenvalue weighted by Crippen LogP contribution is 2.22. The Kier molecular flexibility index (Phi) is 4.14. The maximum Gasteiger partial charge on any atom is 0.259 e. The van der Waals surface area contributed by atoms with Crippen molar-refractivity contribution in [3.8, 4) is 22.8 Å². The van der Waals surface area contributed by atoms with Crippen LogP contribution in [0.15, 0.2) is 47.1 Å². The molecule has 3 aromatic rings. The maximum absolute atomic E-state index is 5.33. The number of aromatic nitrogens is 3. The summed E-state index contributed by atoms with van der Waals surface area (Å²) in [4.78, 5) is 8.78. The van der Waals surface area contributed by atoms with E-state index in [0.717, 1.165) is 29.9 Å². The van der Waals surface area contributed by atoms with Crippen molar-refractivity contribution < 1.29 is 4.52 Å². The van der Waals surface area contributed by atoms with Gasteiger partial charge in [-0.2, -0.15) is 4.98 Å². The molecule has 0 saturated heterocycles. The molecule has 0 bridgehead atoms. The van der Waals surface area contributed by atoms with Crippen molar-refractivity contribution in [2.24, 2.45) is 0 Å². The van der Waals surface area contributed by atoms with Crippen LogP contribution in [0.25, 0.3) is 22.8 Å². The second-order valence-corrected chi connectivity index (χ2v) is 5.15. The van der Waals surface area contributed by atoms with Crippen LogP contribution in [0.5, 0.6) is 0 Å². The molecule has 5 nitrogen and oxygen atoms in total. The highest BCUT2D eigenvalue weighted by Gasteiger charge is 2.10. The number of pyridine rings is 1. The lowest BCUT2D eigenvalue weighted by Crippen LogP contribution is -2.01. The van der Waals surface area contributed by atoms with Crippen molar-refractivity contribution in [1.29, 1.82) is 0 Å². The lowest BCUT2D eigenvalue weighted by molar-refractivity contribution is 0.432. The van der Waals surface area contributed by atoms with Crippen molar-refractivity contribution in [3.05, 3.63) is 48.2 Å². The van der Waals surface area contributed by atoms with E-state index in [1.165, 1.54) is 5.56 Å². The molecule has 0 atom stereocenters. The second kappa shape index (κ2) is 6.39. The first-order valence-corrected chi connectivity index (χ1v) is 7.37. The fraction of sp³-hybridized carbons (Fsp3) is 0.235. The molecule has 5 heteroatoms. The Morgan fingerprint density at radius 3 is 2.50 bits per heavy atom. The van der Waals surface area contributed by atoms with Crippen LogP contribution in [0.1, 0.15) is 18.9 Å². The molecule has 0 aliphatic carbocycles. The summed E-state index contributed by atoms with van der Waals surface area (Å²) in [6.45, 7) is 5.07. The van der Waals surface area contributed by atoms with Gasteiger partial charge in [-0.15, -0.1) is 0 Å². The number of nitrogens with one attached hydrogen (secondary N) is 1. The zero-order chi connectivity index (χ0) is 15.4. The maximum atomic E-state index is 5.33. The van der Waals surface area contributed by atoms with Gasteiger partial charge in [-0.1, -0.05) is 41.9 Å². The third kappa shape index (κ3) is 3.14. The topological polar surface area (TPSA) is 63.8 Å². The van der Waals surface area contributed by atoms with Crippen molar-refractivity contribution in [2.75, 3.05) is 11.9 Å². The molecule has 112 valence electrons. The molecular weight excluding hydrogens is 276 g/mol. The highest BCUT2D eigenvalue weighted by atomic mass is 16.5. The zero-order valence-electron chi connectivity index (χ0n) is 12.7. The minimum absolute atomic E-state index is 0.477. The predicted octanol–water partition coefficient (Wildman–Crippen LogP) is 3.93. The Morgan fingerprint density at radius 1 is 1.05 bits per heavy atom. The van der Waals surface area contributed by atoms with Gasteiger partial charge in [0, 0.05) is 18.3 Å². The summed E-state index contributed by atoms with van der Waals surface area (Å²) >= 11 is 0. The van der Waals surface area contributed by atoms with E-state index in [1.54, 1.807) is 6.20 Å². The molecule has 0 amide bonds. The van der Waals surface area contributed by atoms with Gasteiger partial charge in [-0.05, 0) is 25.5 Å². The Bertz CT molecular complexity index is 732. The summed E-state index contributed by atoms with van der Waals surface area (Å²) in [5.74, 6) is 1.91. The Hall–Kier alpha value is -2.69. The molecule has 1 aromatic carbocycles. The number of anilines is 1. The molecule has 0 aliphatic heterocycles. The minimum Gasteiger partial charge on any atom is -0.370 e. The summed E-state index contributed by atoms with van der Waals surface area (Å²) in [7, 11) is 0. The SMILES string of the molecule is CCCNc1ccc(-c2nc(-c3ccc(C)cc3)no2)cn1. The summed E-state index contributed by atoms with van der Waals surface area (Å²) < 4.78 is 5.33. The number of nitrogens with zero attached hydrogens (tertiary/aromatic N) is 3. The van der Waals surface area contributed by atoms with Gasteiger partial charge in [0.15, 0.2) is 0 Å². The molecular formula is C17H18N4O. The molecule has 3 rings (SSSR count). The van der Waals surface area contributed by atoms with Crippen LogP contribution in [0, 0.1) is 6.92 Å². The zero-order valence-corrected chi connectivity index (χ0v) is 12.7. The van der Waals surface area contributed by atoms with Crippen molar-refractivity contribution in [3.63, 3.8) is 0 Å². The Morgan fingerprint density at radius 2 is 1.82 bits per heavy atom. The number of hydrogen-bond acceptors (Lipinski definition) is 5. The van der Waals surface area contributed by atoms with Gasteiger partial charge in [0.2, 0.25) is 5.82 Å². The predicted molar refractivity (Wildman–Crippen MR) is 86.5 cm³/mol. The third-order valence-corrected chi connectivity index (χ3v) is 3.30. The van der Waals surface area contributed by atoms with Gasteiger partial charge < -0.3 is 9.84 Å². The summed E-state index contributed by atoms with van der Waals surface area (Å²) in [5.41, 5.74) is 2.95. The average molecular weight is 294 g/mol. The minimum atomic E-state index is 0.477. The molecule has 22 heavy (non-hydrogen) atoms. The largest absolute Gasteiger partial charge is 0.370 e. The molecule has 0 radical (unpaired) electrons. The van der Waals surface area contributed by atoms with E-state index >= 15 is 0 Å². The van der Waals surface area contributed by atoms with E-state index in [0.29, 0.717) is 11.7 Å². The molecule has 2 heterocycles. The summed E-state index contributed by atoms with van der Waals surface area (Å²) in [6, 6.07) is 11.9. The van der Waals surface area contributed by atoms with Gasteiger partial charge in [-0.25, -0.2) is 4.98 Å². The van der Waals surface area contributed by atoms with Crippen molar-refractivity contribution >= 4 is 5.82 Å². The fourth-order valence-corrected chi connectivity index (χ4v) is 2.04. The molecule has 0 fully saturated rings. The van der Waals surface area contributed by atoms with Crippen molar-refractivity contribution in [2.45, 2.75) is 20.3 Å². The standard InChI is InChI=1S/C17H18N4O/c1-3-10-18-15-9-8-14(11-19-15)17-20-16(21-22-17)13-6-4-12(2)5-7-13/h4-9,11H,3,10H2,1-2H3,(H,18,19). The van der Waals surface area contributed by atoms with Gasteiger partial charge in [0.25, 0.3) is 5.89 Å². The second-order valence-electron chi connectivity index (χ2n) is 5.15. The van der Waals surface area contributed by atoms with E-state index in [-0.39, 0.29) is 0 Å². The monoisotopic (exact) mass is 294 g/mol. The van der Waals surface area contributed by atoms with Gasteiger partial charge in [-0.3, -0.25) is 0 Å². The summed E-state index contributed by atoms with van der Waals surface area (Å²) in [5, 5.41) is 7.27. The van der Waals surface area contributed by atoms with Crippen LogP contribution in [0.4, 0.5) is 5.82 Å². The van der Waals surface area contributed by atoms with E-state index < -0.39 is 0 Å². The van der Waals surface area contributed by atoms with E-state index in [4.69, 9.17) is 4.52 Å². The lowest BCUT2D eigenvalue weighted by Gasteiger charge is -2.02. The molecule has 0 aliphatic rings. The quantitative estimate of drug-likeness (QED) is 0.772. The first-order valence-electron chi connectivity index (χ1n) is 7.37. The molecule has 1 N–H and O–H groups in total. The van der Waals surface area contributed by atoms with Crippen LogP contribution in [0.3, 0.4) is 0 Å². The Balaban J connectivity index is 1.79. The van der Waals surface area contributed by atoms with Crippen LogP contribution in [0.2, 0.25) is 0 Å². The number of aryl methyl sites for hydroxylation is 1. The Labute approximate surface area is 129 Å². The first-order chi connectivity index (χ1) is 10.8. The van der Waals surface area contributed by atoms with E-state index in [1.807, 2.05) is 43.3 Å². The van der Waals surface area contributed by atoms with Crippen LogP contribution >= 0.6 is 0 Å². The number of benzene rings is 1. The number of rotatable bonds is 5. The van der Waals surface area contributed by atoms with E-state index in [2.05, 4.69) is 27.4 Å². The smallest absolute Gasteiger partial charge is 0.259 e. The third-order valence-electron chi connectivity index (χ3n) is 3.30. The average Bonchev–Trinajstić information content (AvgIpc) is 3.04. The van der Waals surface area contributed by atoms with Gasteiger partial charge in [0.05, 0.1) is 5.56 Å². The fourth-order valence-electron chi connectivity index (χ4n) is 2.04. The molecule has 0 spiro atoms. The molecule has 2 aromatic heterocycles. The van der Waals surface area contributed by atoms with Crippen LogP contribution in [-0.4, -0.2) is 21.7 Å². The van der Waals surface area contributed by atoms with Crippen LogP contribution in [-0.2, 0) is 0 Å².